The van der Waals surface area contributed by atoms with Gasteiger partial charge in [0.25, 0.3) is 0 Å². The van der Waals surface area contributed by atoms with Crippen molar-refractivity contribution < 1.29 is 18.3 Å². The summed E-state index contributed by atoms with van der Waals surface area (Å²) in [5.74, 6) is 0. The molecule has 0 aromatic rings. The summed E-state index contributed by atoms with van der Waals surface area (Å²) >= 11 is 0. The van der Waals surface area contributed by atoms with Gasteiger partial charge in [-0.3, -0.25) is 0 Å². The zero-order chi connectivity index (χ0) is 15.9. The first kappa shape index (κ1) is 18.8. The first-order valence-electron chi connectivity index (χ1n) is 8.34. The first-order chi connectivity index (χ1) is 9.78. The van der Waals surface area contributed by atoms with Crippen LogP contribution in [0.3, 0.4) is 0 Å². The molecule has 0 N–H and O–H groups in total. The Morgan fingerprint density at radius 3 is 1.86 bits per heavy atom. The SMILES string of the molecule is CC1(C)OC(CCCCCCCCC(F)CF)OC1(C)C. The molecule has 1 heterocycles. The van der Waals surface area contributed by atoms with Crippen LogP contribution in [-0.4, -0.2) is 30.3 Å². The molecule has 4 heteroatoms. The maximum absolute atomic E-state index is 12.7. The van der Waals surface area contributed by atoms with Crippen molar-refractivity contribution in [2.75, 3.05) is 6.67 Å². The Hall–Kier alpha value is -0.220. The number of ether oxygens (including phenoxy) is 2. The minimum atomic E-state index is -1.26. The largest absolute Gasteiger partial charge is 0.344 e. The van der Waals surface area contributed by atoms with Crippen LogP contribution in [0.25, 0.3) is 0 Å². The summed E-state index contributed by atoms with van der Waals surface area (Å²) in [6.45, 7) is 7.45. The molecule has 0 radical (unpaired) electrons. The lowest BCUT2D eigenvalue weighted by Crippen LogP contribution is -2.41. The van der Waals surface area contributed by atoms with Gasteiger partial charge in [0.15, 0.2) is 6.29 Å². The average molecular weight is 306 g/mol. The van der Waals surface area contributed by atoms with Gasteiger partial charge in [-0.05, 0) is 47.0 Å². The zero-order valence-electron chi connectivity index (χ0n) is 14.1. The minimum absolute atomic E-state index is 0.0909. The molecule has 0 aliphatic carbocycles. The van der Waals surface area contributed by atoms with Crippen LogP contribution in [0.15, 0.2) is 0 Å². The van der Waals surface area contributed by atoms with Crippen LogP contribution in [0.2, 0.25) is 0 Å². The highest BCUT2D eigenvalue weighted by Crippen LogP contribution is 2.39. The maximum Gasteiger partial charge on any atom is 0.159 e. The molecule has 2 nitrogen and oxygen atoms in total. The summed E-state index contributed by atoms with van der Waals surface area (Å²) in [6, 6.07) is 0. The van der Waals surface area contributed by atoms with Gasteiger partial charge >= 0.3 is 0 Å². The Morgan fingerprint density at radius 2 is 1.33 bits per heavy atom. The summed E-state index contributed by atoms with van der Waals surface area (Å²) in [4.78, 5) is 0. The fourth-order valence-corrected chi connectivity index (χ4v) is 2.54. The zero-order valence-corrected chi connectivity index (χ0v) is 14.1. The van der Waals surface area contributed by atoms with E-state index in [-0.39, 0.29) is 17.5 Å². The Bertz CT molecular complexity index is 277. The summed E-state index contributed by atoms with van der Waals surface area (Å²) < 4.78 is 36.5. The van der Waals surface area contributed by atoms with Gasteiger partial charge in [-0.25, -0.2) is 8.78 Å². The number of halogens is 2. The van der Waals surface area contributed by atoms with Gasteiger partial charge in [0, 0.05) is 0 Å². The Labute approximate surface area is 128 Å². The van der Waals surface area contributed by atoms with Gasteiger partial charge in [-0.2, -0.15) is 0 Å². The monoisotopic (exact) mass is 306 g/mol. The highest BCUT2D eigenvalue weighted by molar-refractivity contribution is 4.94. The Kier molecular flexibility index (Phi) is 7.55. The molecule has 0 aromatic carbocycles. The van der Waals surface area contributed by atoms with E-state index >= 15 is 0 Å². The summed E-state index contributed by atoms with van der Waals surface area (Å²) in [5, 5.41) is 0. The second kappa shape index (κ2) is 8.42. The van der Waals surface area contributed by atoms with Crippen LogP contribution in [0.4, 0.5) is 8.78 Å². The molecule has 1 saturated heterocycles. The number of alkyl halides is 2. The van der Waals surface area contributed by atoms with Crippen molar-refractivity contribution in [1.82, 2.24) is 0 Å². The topological polar surface area (TPSA) is 18.5 Å². The molecule has 1 aliphatic heterocycles. The normalized spacial score (nSPS) is 22.6. The van der Waals surface area contributed by atoms with E-state index in [4.69, 9.17) is 9.47 Å². The number of hydrogen-bond acceptors (Lipinski definition) is 2. The molecule has 126 valence electrons. The summed E-state index contributed by atoms with van der Waals surface area (Å²) in [7, 11) is 0. The maximum atomic E-state index is 12.7. The van der Waals surface area contributed by atoms with Gasteiger partial charge in [-0.1, -0.05) is 32.1 Å². The number of hydrogen-bond donors (Lipinski definition) is 0. The van der Waals surface area contributed by atoms with Gasteiger partial charge in [0.2, 0.25) is 0 Å². The molecule has 0 aromatic heterocycles. The summed E-state index contributed by atoms with van der Waals surface area (Å²) in [6.07, 6.45) is 6.22. The molecule has 0 amide bonds. The Balaban J connectivity index is 1.99. The molecule has 21 heavy (non-hydrogen) atoms. The van der Waals surface area contributed by atoms with Crippen molar-refractivity contribution in [1.29, 1.82) is 0 Å². The molecule has 1 atom stereocenters. The lowest BCUT2D eigenvalue weighted by molar-refractivity contribution is -0.0913. The van der Waals surface area contributed by atoms with Crippen LogP contribution in [0.1, 0.15) is 79.1 Å². The van der Waals surface area contributed by atoms with Crippen molar-refractivity contribution >= 4 is 0 Å². The molecule has 1 unspecified atom stereocenters. The van der Waals surface area contributed by atoms with Crippen LogP contribution >= 0.6 is 0 Å². The highest BCUT2D eigenvalue weighted by atomic mass is 19.2. The smallest absolute Gasteiger partial charge is 0.159 e. The van der Waals surface area contributed by atoms with E-state index < -0.39 is 12.8 Å². The predicted molar refractivity (Wildman–Crippen MR) is 81.9 cm³/mol. The molecule has 0 spiro atoms. The van der Waals surface area contributed by atoms with Crippen LogP contribution in [-0.2, 0) is 9.47 Å². The van der Waals surface area contributed by atoms with Crippen molar-refractivity contribution in [3.63, 3.8) is 0 Å². The van der Waals surface area contributed by atoms with Crippen LogP contribution < -0.4 is 0 Å². The second-order valence-corrected chi connectivity index (χ2v) is 7.14. The molecular formula is C17H32F2O2. The molecule has 0 bridgehead atoms. The molecule has 0 saturated carbocycles. The fourth-order valence-electron chi connectivity index (χ4n) is 2.54. The van der Waals surface area contributed by atoms with E-state index in [1.807, 2.05) is 0 Å². The van der Waals surface area contributed by atoms with Crippen molar-refractivity contribution in [3.05, 3.63) is 0 Å². The third-order valence-corrected chi connectivity index (χ3v) is 4.68. The van der Waals surface area contributed by atoms with Crippen molar-refractivity contribution in [3.8, 4) is 0 Å². The van der Waals surface area contributed by atoms with E-state index in [0.717, 1.165) is 44.9 Å². The first-order valence-corrected chi connectivity index (χ1v) is 8.34. The van der Waals surface area contributed by atoms with E-state index in [1.54, 1.807) is 0 Å². The lowest BCUT2D eigenvalue weighted by atomic mass is 9.90. The van der Waals surface area contributed by atoms with Crippen molar-refractivity contribution in [2.45, 2.75) is 103 Å². The molecular weight excluding hydrogens is 274 g/mol. The van der Waals surface area contributed by atoms with Crippen molar-refractivity contribution in [2.24, 2.45) is 0 Å². The van der Waals surface area contributed by atoms with Crippen LogP contribution in [0, 0.1) is 0 Å². The van der Waals surface area contributed by atoms with Gasteiger partial charge < -0.3 is 9.47 Å². The third-order valence-electron chi connectivity index (χ3n) is 4.68. The molecule has 1 aliphatic rings. The fraction of sp³-hybridized carbons (Fsp3) is 1.00. The molecule has 1 fully saturated rings. The van der Waals surface area contributed by atoms with Crippen LogP contribution in [0.5, 0.6) is 0 Å². The van der Waals surface area contributed by atoms with E-state index in [2.05, 4.69) is 27.7 Å². The minimum Gasteiger partial charge on any atom is -0.344 e. The second-order valence-electron chi connectivity index (χ2n) is 7.14. The van der Waals surface area contributed by atoms with Gasteiger partial charge in [0.05, 0.1) is 11.2 Å². The third kappa shape index (κ3) is 6.19. The standard InChI is InChI=1S/C17H32F2O2/c1-16(2)17(3,4)21-15(20-16)12-10-8-6-5-7-9-11-14(19)13-18/h14-15H,5-13H2,1-4H3. The number of unbranched alkanes of at least 4 members (excludes halogenated alkanes) is 5. The van der Waals surface area contributed by atoms with E-state index in [9.17, 15) is 8.78 Å². The predicted octanol–water partition coefficient (Wildman–Crippen LogP) is 5.34. The van der Waals surface area contributed by atoms with Gasteiger partial charge in [0.1, 0.15) is 12.8 Å². The van der Waals surface area contributed by atoms with E-state index in [0.29, 0.717) is 6.42 Å². The molecule has 1 rings (SSSR count). The number of rotatable bonds is 10. The average Bonchev–Trinajstić information content (AvgIpc) is 2.60. The van der Waals surface area contributed by atoms with Gasteiger partial charge in [-0.15, -0.1) is 0 Å². The lowest BCUT2D eigenvalue weighted by Gasteiger charge is -2.30. The quantitative estimate of drug-likeness (QED) is 0.507. The highest BCUT2D eigenvalue weighted by Gasteiger charge is 2.48. The van der Waals surface area contributed by atoms with E-state index in [1.165, 1.54) is 0 Å². The Morgan fingerprint density at radius 1 is 0.857 bits per heavy atom. The summed E-state index contributed by atoms with van der Waals surface area (Å²) in [5.41, 5.74) is -0.478.